The lowest BCUT2D eigenvalue weighted by molar-refractivity contribution is -0.252. The minimum absolute atomic E-state index is 0.00519. The van der Waals surface area contributed by atoms with Crippen LogP contribution in [0.4, 0.5) is 11.4 Å². The molecule has 2 saturated heterocycles. The maximum atomic E-state index is 12.6. The second-order valence-electron chi connectivity index (χ2n) is 14.2. The maximum absolute atomic E-state index is 12.6. The summed E-state index contributed by atoms with van der Waals surface area (Å²) in [6.45, 7) is 2.66. The van der Waals surface area contributed by atoms with E-state index in [-0.39, 0.29) is 36.7 Å². The molecular weight excluding hydrogens is 668 g/mol. The molecule has 6 rings (SSSR count). The number of anilines is 2. The molecule has 2 heterocycles. The molecule has 4 aromatic rings. The van der Waals surface area contributed by atoms with Crippen LogP contribution in [0.1, 0.15) is 86.0 Å². The zero-order valence-corrected chi connectivity index (χ0v) is 30.3. The summed E-state index contributed by atoms with van der Waals surface area (Å²) in [6.07, 6.45) is 4.51. The fourth-order valence-corrected chi connectivity index (χ4v) is 7.06. The normalized spacial score (nSPS) is 20.3. The molecule has 0 saturated carbocycles. The molecule has 2 amide bonds. The SMILES string of the molecule is Nc1ccccc1NC(=O)CCCCCCC(=O)NCc1cccc(-c2cccc([C@H]3O[C@@H](CN4CC[C@H](O)C4)C[C@@H](c4ccc(CO)cc4)O3)c2)c1. The van der Waals surface area contributed by atoms with E-state index in [4.69, 9.17) is 15.2 Å². The molecule has 53 heavy (non-hydrogen) atoms. The van der Waals surface area contributed by atoms with Crippen molar-refractivity contribution in [1.29, 1.82) is 0 Å². The van der Waals surface area contributed by atoms with Gasteiger partial charge in [0.2, 0.25) is 11.8 Å². The third-order valence-electron chi connectivity index (χ3n) is 10.0. The Balaban J connectivity index is 0.997. The summed E-state index contributed by atoms with van der Waals surface area (Å²) in [5.74, 6) is -0.0379. The highest BCUT2D eigenvalue weighted by Crippen LogP contribution is 2.39. The van der Waals surface area contributed by atoms with Gasteiger partial charge in [-0.25, -0.2) is 0 Å². The van der Waals surface area contributed by atoms with E-state index in [2.05, 4.69) is 39.8 Å². The van der Waals surface area contributed by atoms with Crippen molar-refractivity contribution in [2.24, 2.45) is 0 Å². The number of para-hydroxylation sites is 2. The van der Waals surface area contributed by atoms with Crippen LogP contribution in [0.15, 0.2) is 97.1 Å². The number of benzene rings is 4. The fraction of sp³-hybridized carbons (Fsp3) is 0.395. The first-order valence-electron chi connectivity index (χ1n) is 18.8. The van der Waals surface area contributed by atoms with Gasteiger partial charge in [-0.15, -0.1) is 0 Å². The number of aliphatic hydroxyl groups is 2. The first-order valence-corrected chi connectivity index (χ1v) is 18.8. The highest BCUT2D eigenvalue weighted by atomic mass is 16.7. The molecule has 0 aromatic heterocycles. The number of amides is 2. The predicted molar refractivity (Wildman–Crippen MR) is 206 cm³/mol. The minimum Gasteiger partial charge on any atom is -0.397 e. The van der Waals surface area contributed by atoms with Gasteiger partial charge in [0, 0.05) is 51.0 Å². The smallest absolute Gasteiger partial charge is 0.224 e. The van der Waals surface area contributed by atoms with Gasteiger partial charge in [0.25, 0.3) is 0 Å². The number of nitrogen functional groups attached to an aromatic ring is 1. The maximum Gasteiger partial charge on any atom is 0.224 e. The van der Waals surface area contributed by atoms with Crippen LogP contribution in [0, 0.1) is 0 Å². The van der Waals surface area contributed by atoms with Crippen LogP contribution in [0.5, 0.6) is 0 Å². The molecule has 0 radical (unpaired) electrons. The van der Waals surface area contributed by atoms with Crippen molar-refractivity contribution < 1.29 is 29.3 Å². The molecule has 0 unspecified atom stereocenters. The van der Waals surface area contributed by atoms with Gasteiger partial charge in [-0.2, -0.15) is 0 Å². The van der Waals surface area contributed by atoms with E-state index < -0.39 is 6.29 Å². The number of β-amino-alcohol motifs (C(OH)–C–C–N with tert-alkyl or cyclic N) is 1. The molecule has 2 aliphatic heterocycles. The minimum atomic E-state index is -0.572. The van der Waals surface area contributed by atoms with E-state index in [0.29, 0.717) is 43.7 Å². The van der Waals surface area contributed by atoms with Crippen molar-refractivity contribution in [2.45, 2.75) is 89.1 Å². The molecule has 2 aliphatic rings. The Hall–Kier alpha value is -4.58. The van der Waals surface area contributed by atoms with Gasteiger partial charge >= 0.3 is 0 Å². The van der Waals surface area contributed by atoms with E-state index in [0.717, 1.165) is 78.6 Å². The Kier molecular flexibility index (Phi) is 13.6. The lowest BCUT2D eigenvalue weighted by Gasteiger charge is -2.38. The van der Waals surface area contributed by atoms with Gasteiger partial charge in [-0.05, 0) is 71.3 Å². The van der Waals surface area contributed by atoms with Crippen molar-refractivity contribution >= 4 is 23.2 Å². The van der Waals surface area contributed by atoms with Crippen molar-refractivity contribution in [3.63, 3.8) is 0 Å². The van der Waals surface area contributed by atoms with Crippen LogP contribution in [-0.2, 0) is 32.2 Å². The summed E-state index contributed by atoms with van der Waals surface area (Å²) < 4.78 is 13.2. The van der Waals surface area contributed by atoms with Crippen LogP contribution in [-0.4, -0.2) is 58.8 Å². The van der Waals surface area contributed by atoms with E-state index in [1.165, 1.54) is 0 Å². The predicted octanol–water partition coefficient (Wildman–Crippen LogP) is 6.64. The zero-order chi connectivity index (χ0) is 37.0. The first kappa shape index (κ1) is 38.2. The number of ether oxygens (including phenoxy) is 2. The lowest BCUT2D eigenvalue weighted by atomic mass is 9.98. The van der Waals surface area contributed by atoms with E-state index in [1.807, 2.05) is 60.7 Å². The average Bonchev–Trinajstić information content (AvgIpc) is 3.60. The third kappa shape index (κ3) is 11.2. The number of nitrogens with zero attached hydrogens (tertiary/aromatic N) is 1. The summed E-state index contributed by atoms with van der Waals surface area (Å²) >= 11 is 0. The number of carbonyl (C=O) groups excluding carboxylic acids is 2. The van der Waals surface area contributed by atoms with Crippen LogP contribution < -0.4 is 16.4 Å². The molecule has 0 spiro atoms. The van der Waals surface area contributed by atoms with Crippen molar-refractivity contribution in [3.05, 3.63) is 119 Å². The highest BCUT2D eigenvalue weighted by Gasteiger charge is 2.34. The largest absolute Gasteiger partial charge is 0.397 e. The van der Waals surface area contributed by atoms with Gasteiger partial charge < -0.3 is 36.1 Å². The fourth-order valence-electron chi connectivity index (χ4n) is 7.06. The molecule has 4 atom stereocenters. The number of likely N-dealkylation sites (tertiary alicyclic amines) is 1. The summed E-state index contributed by atoms with van der Waals surface area (Å²) in [5.41, 5.74) is 13.0. The summed E-state index contributed by atoms with van der Waals surface area (Å²) in [5, 5.41) is 25.6. The second-order valence-corrected chi connectivity index (χ2v) is 14.2. The zero-order valence-electron chi connectivity index (χ0n) is 30.3. The van der Waals surface area contributed by atoms with Crippen molar-refractivity contribution in [1.82, 2.24) is 10.2 Å². The Morgan fingerprint density at radius 3 is 2.26 bits per heavy atom. The number of carbonyl (C=O) groups is 2. The van der Waals surface area contributed by atoms with E-state index >= 15 is 0 Å². The van der Waals surface area contributed by atoms with E-state index in [1.54, 1.807) is 12.1 Å². The van der Waals surface area contributed by atoms with Crippen LogP contribution in [0.2, 0.25) is 0 Å². The summed E-state index contributed by atoms with van der Waals surface area (Å²) in [4.78, 5) is 27.1. The number of aliphatic hydroxyl groups excluding tert-OH is 2. The molecular formula is C43H52N4O6. The Bertz CT molecular complexity index is 1800. The van der Waals surface area contributed by atoms with Gasteiger partial charge in [-0.1, -0.05) is 85.6 Å². The van der Waals surface area contributed by atoms with Crippen molar-refractivity contribution in [3.8, 4) is 11.1 Å². The molecule has 10 heteroatoms. The van der Waals surface area contributed by atoms with Crippen LogP contribution >= 0.6 is 0 Å². The summed E-state index contributed by atoms with van der Waals surface area (Å²) in [6, 6.07) is 31.5. The third-order valence-corrected chi connectivity index (χ3v) is 10.0. The monoisotopic (exact) mass is 720 g/mol. The number of rotatable bonds is 16. The number of nitrogens with one attached hydrogen (secondary N) is 2. The quantitative estimate of drug-likeness (QED) is 0.0640. The Morgan fingerprint density at radius 2 is 1.53 bits per heavy atom. The molecule has 0 aliphatic carbocycles. The Morgan fingerprint density at radius 1 is 0.792 bits per heavy atom. The van der Waals surface area contributed by atoms with Crippen molar-refractivity contribution in [2.75, 3.05) is 30.7 Å². The Labute approximate surface area is 312 Å². The highest BCUT2D eigenvalue weighted by molar-refractivity contribution is 5.93. The van der Waals surface area contributed by atoms with Gasteiger partial charge in [-0.3, -0.25) is 14.5 Å². The second kappa shape index (κ2) is 19.0. The lowest BCUT2D eigenvalue weighted by Crippen LogP contribution is -2.38. The van der Waals surface area contributed by atoms with Crippen LogP contribution in [0.25, 0.3) is 11.1 Å². The van der Waals surface area contributed by atoms with Gasteiger partial charge in [0.15, 0.2) is 6.29 Å². The standard InChI is InChI=1S/C43H52N4O6/c44-38-13-5-6-14-39(38)46-42(51)16-4-2-1-3-15-41(50)45-26-31-9-7-10-33(23-31)34-11-8-12-35(24-34)43-52-37(28-47-22-21-36(49)27-47)25-40(53-43)32-19-17-30(29-48)18-20-32/h5-14,17-20,23-24,36-37,40,43,48-49H,1-4,15-16,21-22,25-29,44H2,(H,45,50)(H,46,51)/t36-,37+,40-,43-/m0/s1. The molecule has 280 valence electrons. The average molecular weight is 721 g/mol. The molecule has 2 fully saturated rings. The topological polar surface area (TPSA) is 146 Å². The van der Waals surface area contributed by atoms with Gasteiger partial charge in [0.05, 0.1) is 36.3 Å². The molecule has 10 nitrogen and oxygen atoms in total. The number of nitrogens with two attached hydrogens (primary N) is 1. The number of unbranched alkanes of at least 4 members (excludes halogenated alkanes) is 3. The molecule has 0 bridgehead atoms. The number of hydrogen-bond acceptors (Lipinski definition) is 8. The van der Waals surface area contributed by atoms with Gasteiger partial charge in [0.1, 0.15) is 0 Å². The van der Waals surface area contributed by atoms with E-state index in [9.17, 15) is 19.8 Å². The molecule has 6 N–H and O–H groups in total. The molecule has 4 aromatic carbocycles. The number of hydrogen-bond donors (Lipinski definition) is 5. The van der Waals surface area contributed by atoms with Crippen LogP contribution in [0.3, 0.4) is 0 Å². The first-order chi connectivity index (χ1) is 25.8. The summed E-state index contributed by atoms with van der Waals surface area (Å²) in [7, 11) is 0.